The lowest BCUT2D eigenvalue weighted by atomic mass is 10.1. The topological polar surface area (TPSA) is 58.9 Å². The number of carbonyl (C=O) groups excluding carboxylic acids is 1. The lowest BCUT2D eigenvalue weighted by Gasteiger charge is -2.15. The van der Waals surface area contributed by atoms with Crippen molar-refractivity contribution >= 4 is 11.7 Å². The largest absolute Gasteiger partial charge is 0.467 e. The Morgan fingerprint density at radius 2 is 1.54 bits per heavy atom. The molecule has 0 fully saturated rings. The van der Waals surface area contributed by atoms with Crippen molar-refractivity contribution in [3.8, 4) is 11.1 Å². The van der Waals surface area contributed by atoms with Crippen LogP contribution in [0.15, 0.2) is 65.7 Å². The number of aliphatic hydroxyl groups is 1. The van der Waals surface area contributed by atoms with E-state index in [1.54, 1.807) is 19.1 Å². The van der Waals surface area contributed by atoms with Crippen molar-refractivity contribution in [1.29, 1.82) is 0 Å². The molecule has 122 valence electrons. The molecule has 1 aliphatic rings. The van der Waals surface area contributed by atoms with Gasteiger partial charge in [-0.2, -0.15) is 0 Å². The lowest BCUT2D eigenvalue weighted by molar-refractivity contribution is -0.144. The zero-order valence-electron chi connectivity index (χ0n) is 13.6. The first-order valence-corrected chi connectivity index (χ1v) is 7.83. The van der Waals surface area contributed by atoms with E-state index in [1.165, 1.54) is 7.11 Å². The summed E-state index contributed by atoms with van der Waals surface area (Å²) in [6, 6.07) is 14.9. The van der Waals surface area contributed by atoms with Gasteiger partial charge in [0.1, 0.15) is 6.10 Å². The second-order valence-corrected chi connectivity index (χ2v) is 5.55. The Hall–Kier alpha value is -2.72. The van der Waals surface area contributed by atoms with Crippen LogP contribution in [0.1, 0.15) is 18.1 Å². The van der Waals surface area contributed by atoms with Gasteiger partial charge in [-0.25, -0.2) is 4.79 Å². The highest BCUT2D eigenvalue weighted by Gasteiger charge is 2.30. The molecule has 3 rings (SSSR count). The number of hydrogen-bond acceptors (Lipinski definition) is 4. The lowest BCUT2D eigenvalue weighted by Crippen LogP contribution is -2.33. The average Bonchev–Trinajstić information content (AvgIpc) is 2.93. The summed E-state index contributed by atoms with van der Waals surface area (Å²) in [5.41, 5.74) is 4.78. The van der Waals surface area contributed by atoms with Gasteiger partial charge in [0, 0.05) is 11.1 Å². The van der Waals surface area contributed by atoms with Gasteiger partial charge in [-0.3, -0.25) is 4.99 Å². The van der Waals surface area contributed by atoms with Crippen molar-refractivity contribution in [2.45, 2.75) is 19.1 Å². The van der Waals surface area contributed by atoms with E-state index in [1.807, 2.05) is 48.5 Å². The molecule has 2 unspecified atom stereocenters. The molecule has 0 aliphatic heterocycles. The minimum atomic E-state index is -1.03. The summed E-state index contributed by atoms with van der Waals surface area (Å²) in [6.07, 6.45) is 2.20. The number of ether oxygens (including phenoxy) is 1. The van der Waals surface area contributed by atoms with Gasteiger partial charge in [-0.15, -0.1) is 0 Å². The molecule has 4 heteroatoms. The van der Waals surface area contributed by atoms with Crippen LogP contribution >= 0.6 is 0 Å². The van der Waals surface area contributed by atoms with Gasteiger partial charge in [0.15, 0.2) is 6.04 Å². The standard InChI is InChI=1S/C20H19NO3/c1-3-8-17(22)19(20(23)24-2)21-18-15-11-6-4-9-13(15)14-10-5-7-12-16(14)18/h3-12,17,19,22H,1-2H3/b8-3-. The van der Waals surface area contributed by atoms with Crippen molar-refractivity contribution < 1.29 is 14.6 Å². The number of aliphatic imine (C=N–C) groups is 1. The van der Waals surface area contributed by atoms with Crippen molar-refractivity contribution in [1.82, 2.24) is 0 Å². The van der Waals surface area contributed by atoms with Gasteiger partial charge in [0.25, 0.3) is 0 Å². The van der Waals surface area contributed by atoms with Crippen LogP contribution in [0.4, 0.5) is 0 Å². The van der Waals surface area contributed by atoms with Gasteiger partial charge < -0.3 is 9.84 Å². The number of allylic oxidation sites excluding steroid dienone is 1. The molecule has 4 nitrogen and oxygen atoms in total. The molecule has 1 aliphatic carbocycles. The van der Waals surface area contributed by atoms with Crippen LogP contribution in [-0.2, 0) is 9.53 Å². The number of carbonyl (C=O) groups is 1. The smallest absolute Gasteiger partial charge is 0.333 e. The second-order valence-electron chi connectivity index (χ2n) is 5.55. The number of benzene rings is 2. The summed E-state index contributed by atoms with van der Waals surface area (Å²) < 4.78 is 4.83. The molecule has 24 heavy (non-hydrogen) atoms. The summed E-state index contributed by atoms with van der Waals surface area (Å²) in [5.74, 6) is -0.560. The summed E-state index contributed by atoms with van der Waals surface area (Å²) in [4.78, 5) is 16.7. The first-order valence-electron chi connectivity index (χ1n) is 7.83. The molecule has 0 aromatic heterocycles. The predicted octanol–water partition coefficient (Wildman–Crippen LogP) is 2.98. The first-order chi connectivity index (χ1) is 11.7. The third kappa shape index (κ3) is 2.76. The highest BCUT2D eigenvalue weighted by atomic mass is 16.5. The molecule has 2 aromatic carbocycles. The highest BCUT2D eigenvalue weighted by Crippen LogP contribution is 2.37. The normalized spacial score (nSPS) is 14.9. The van der Waals surface area contributed by atoms with Crippen molar-refractivity contribution in [3.63, 3.8) is 0 Å². The van der Waals surface area contributed by atoms with E-state index in [0.717, 1.165) is 22.3 Å². The number of hydrogen-bond donors (Lipinski definition) is 1. The minimum absolute atomic E-state index is 0.560. The Morgan fingerprint density at radius 1 is 1.04 bits per heavy atom. The molecule has 0 radical (unpaired) electrons. The van der Waals surface area contributed by atoms with Crippen molar-refractivity contribution in [2.24, 2.45) is 4.99 Å². The van der Waals surface area contributed by atoms with Gasteiger partial charge >= 0.3 is 5.97 Å². The maximum Gasteiger partial charge on any atom is 0.333 e. The molecule has 0 spiro atoms. The second kappa shape index (κ2) is 6.81. The first kappa shape index (κ1) is 16.1. The molecule has 0 saturated carbocycles. The van der Waals surface area contributed by atoms with Gasteiger partial charge in [0.2, 0.25) is 0 Å². The summed E-state index contributed by atoms with van der Waals surface area (Å²) >= 11 is 0. The molecular formula is C20H19NO3. The number of aliphatic hydroxyl groups excluding tert-OH is 1. The van der Waals surface area contributed by atoms with E-state index >= 15 is 0 Å². The van der Waals surface area contributed by atoms with Gasteiger partial charge in [-0.1, -0.05) is 60.7 Å². The van der Waals surface area contributed by atoms with E-state index in [4.69, 9.17) is 4.74 Å². The van der Waals surface area contributed by atoms with Crippen molar-refractivity contribution in [2.75, 3.05) is 7.11 Å². The molecule has 0 bridgehead atoms. The van der Waals surface area contributed by atoms with E-state index in [-0.39, 0.29) is 0 Å². The zero-order valence-corrected chi connectivity index (χ0v) is 13.6. The summed E-state index contributed by atoms with van der Waals surface area (Å²) in [6.45, 7) is 1.78. The Bertz CT molecular complexity index is 776. The number of rotatable bonds is 4. The fourth-order valence-corrected chi connectivity index (χ4v) is 2.96. The van der Waals surface area contributed by atoms with Gasteiger partial charge in [0.05, 0.1) is 12.8 Å². The molecule has 2 aromatic rings. The zero-order chi connectivity index (χ0) is 17.1. The maximum absolute atomic E-state index is 12.1. The fraction of sp³-hybridized carbons (Fsp3) is 0.200. The molecule has 0 amide bonds. The molecule has 1 N–H and O–H groups in total. The van der Waals surface area contributed by atoms with Crippen molar-refractivity contribution in [3.05, 3.63) is 71.8 Å². The number of esters is 1. The molecule has 0 heterocycles. The summed E-state index contributed by atoms with van der Waals surface area (Å²) in [5, 5.41) is 10.3. The molecule has 2 atom stereocenters. The number of nitrogens with zero attached hydrogens (tertiary/aromatic N) is 1. The van der Waals surface area contributed by atoms with Crippen LogP contribution in [0.2, 0.25) is 0 Å². The number of fused-ring (bicyclic) bond motifs is 3. The van der Waals surface area contributed by atoms with Crippen LogP contribution in [0.3, 0.4) is 0 Å². The SMILES string of the molecule is C/C=C\C(O)C(N=C1c2ccccc2-c2ccccc21)C(=O)OC. The van der Waals surface area contributed by atoms with Crippen LogP contribution in [0.5, 0.6) is 0 Å². The van der Waals surface area contributed by atoms with E-state index in [9.17, 15) is 9.90 Å². The summed E-state index contributed by atoms with van der Waals surface area (Å²) in [7, 11) is 1.30. The quantitative estimate of drug-likeness (QED) is 0.594. The Kier molecular flexibility index (Phi) is 4.58. The van der Waals surface area contributed by atoms with Crippen LogP contribution in [0.25, 0.3) is 11.1 Å². The van der Waals surface area contributed by atoms with Gasteiger partial charge in [-0.05, 0) is 18.1 Å². The fourth-order valence-electron chi connectivity index (χ4n) is 2.96. The van der Waals surface area contributed by atoms with Crippen LogP contribution in [-0.4, -0.2) is 36.0 Å². The monoisotopic (exact) mass is 321 g/mol. The van der Waals surface area contributed by atoms with E-state index in [2.05, 4.69) is 4.99 Å². The average molecular weight is 321 g/mol. The molecule has 0 saturated heterocycles. The minimum Gasteiger partial charge on any atom is -0.467 e. The Labute approximate surface area is 141 Å². The maximum atomic E-state index is 12.1. The van der Waals surface area contributed by atoms with Crippen LogP contribution < -0.4 is 0 Å². The highest BCUT2D eigenvalue weighted by molar-refractivity contribution is 6.24. The third-order valence-corrected chi connectivity index (χ3v) is 4.08. The Morgan fingerprint density at radius 3 is 2.00 bits per heavy atom. The van der Waals surface area contributed by atoms with E-state index in [0.29, 0.717) is 5.71 Å². The van der Waals surface area contributed by atoms with E-state index < -0.39 is 18.1 Å². The molecular weight excluding hydrogens is 302 g/mol. The number of methoxy groups -OCH3 is 1. The van der Waals surface area contributed by atoms with Crippen LogP contribution in [0, 0.1) is 0 Å². The Balaban J connectivity index is 2.15. The predicted molar refractivity (Wildman–Crippen MR) is 94.1 cm³/mol. The third-order valence-electron chi connectivity index (χ3n) is 4.08.